The fraction of sp³-hybridized carbons (Fsp3) is 0.100. The van der Waals surface area contributed by atoms with Crippen molar-refractivity contribution < 1.29 is 4.52 Å². The summed E-state index contributed by atoms with van der Waals surface area (Å²) < 4.78 is 5.10. The molecule has 5 heteroatoms. The van der Waals surface area contributed by atoms with Gasteiger partial charge >= 0.3 is 0 Å². The van der Waals surface area contributed by atoms with Gasteiger partial charge in [-0.25, -0.2) is 0 Å². The van der Waals surface area contributed by atoms with Crippen molar-refractivity contribution in [3.05, 3.63) is 40.0 Å². The van der Waals surface area contributed by atoms with E-state index in [2.05, 4.69) is 5.16 Å². The summed E-state index contributed by atoms with van der Waals surface area (Å²) in [6.07, 6.45) is 0. The van der Waals surface area contributed by atoms with Crippen molar-refractivity contribution in [1.29, 1.82) is 0 Å². The van der Waals surface area contributed by atoms with Gasteiger partial charge in [0.1, 0.15) is 0 Å². The van der Waals surface area contributed by atoms with Gasteiger partial charge in [0, 0.05) is 18.2 Å². The molecule has 0 amide bonds. The van der Waals surface area contributed by atoms with Gasteiger partial charge in [-0.15, -0.1) is 0 Å². The third-order valence-electron chi connectivity index (χ3n) is 1.97. The Kier molecular flexibility index (Phi) is 2.95. The molecule has 3 nitrogen and oxygen atoms in total. The maximum Gasteiger partial charge on any atom is 0.167 e. The SMILES string of the molecule is NCc1cc(-c2ccc(Cl)c(Cl)c2)on1. The van der Waals surface area contributed by atoms with E-state index in [9.17, 15) is 0 Å². The standard InChI is InChI=1S/C10H8Cl2N2O/c11-8-2-1-6(3-9(8)12)10-4-7(5-13)14-15-10/h1-4H,5,13H2. The maximum atomic E-state index is 5.89. The molecule has 2 N–H and O–H groups in total. The molecule has 0 atom stereocenters. The van der Waals surface area contributed by atoms with Gasteiger partial charge in [-0.05, 0) is 18.2 Å². The molecular formula is C10H8Cl2N2O. The van der Waals surface area contributed by atoms with Gasteiger partial charge in [0.2, 0.25) is 0 Å². The van der Waals surface area contributed by atoms with Crippen LogP contribution in [0, 0.1) is 0 Å². The van der Waals surface area contributed by atoms with Crippen LogP contribution in [0.4, 0.5) is 0 Å². The second kappa shape index (κ2) is 4.23. The molecule has 0 aliphatic heterocycles. The Hall–Kier alpha value is -1.03. The van der Waals surface area contributed by atoms with Gasteiger partial charge < -0.3 is 10.3 Å². The number of halogens is 2. The number of rotatable bonds is 2. The molecule has 0 bridgehead atoms. The summed E-state index contributed by atoms with van der Waals surface area (Å²) in [5, 5.41) is 4.79. The predicted octanol–water partition coefficient (Wildman–Crippen LogP) is 3.11. The topological polar surface area (TPSA) is 52.0 Å². The molecule has 2 aromatic rings. The first kappa shape index (κ1) is 10.5. The van der Waals surface area contributed by atoms with Crippen molar-refractivity contribution >= 4 is 23.2 Å². The number of nitrogens with zero attached hydrogens (tertiary/aromatic N) is 1. The lowest BCUT2D eigenvalue weighted by Crippen LogP contribution is -1.94. The average Bonchev–Trinajstić information content (AvgIpc) is 2.70. The van der Waals surface area contributed by atoms with Crippen molar-refractivity contribution in [1.82, 2.24) is 5.16 Å². The lowest BCUT2D eigenvalue weighted by atomic mass is 10.1. The molecule has 1 heterocycles. The fourth-order valence-electron chi connectivity index (χ4n) is 1.19. The van der Waals surface area contributed by atoms with Crippen LogP contribution >= 0.6 is 23.2 Å². The first-order valence-electron chi connectivity index (χ1n) is 4.32. The molecule has 15 heavy (non-hydrogen) atoms. The Bertz CT molecular complexity index is 482. The first-order valence-corrected chi connectivity index (χ1v) is 5.07. The van der Waals surface area contributed by atoms with E-state index in [4.69, 9.17) is 33.5 Å². The minimum atomic E-state index is 0.352. The quantitative estimate of drug-likeness (QED) is 0.881. The summed E-state index contributed by atoms with van der Waals surface area (Å²) in [6.45, 7) is 0.352. The summed E-state index contributed by atoms with van der Waals surface area (Å²) in [6, 6.07) is 7.03. The van der Waals surface area contributed by atoms with E-state index in [0.29, 0.717) is 28.0 Å². The number of aromatic nitrogens is 1. The average molecular weight is 243 g/mol. The molecule has 0 radical (unpaired) electrons. The van der Waals surface area contributed by atoms with Crippen molar-refractivity contribution in [3.63, 3.8) is 0 Å². The molecule has 78 valence electrons. The van der Waals surface area contributed by atoms with Gasteiger partial charge in [0.15, 0.2) is 5.76 Å². The van der Waals surface area contributed by atoms with Crippen LogP contribution in [0.5, 0.6) is 0 Å². The Morgan fingerprint density at radius 3 is 2.60 bits per heavy atom. The summed E-state index contributed by atoms with van der Waals surface area (Å²) in [4.78, 5) is 0. The number of hydrogen-bond donors (Lipinski definition) is 1. The molecule has 0 unspecified atom stereocenters. The van der Waals surface area contributed by atoms with Gasteiger partial charge in [-0.1, -0.05) is 28.4 Å². The molecule has 0 aliphatic rings. The monoisotopic (exact) mass is 242 g/mol. The molecule has 0 spiro atoms. The zero-order chi connectivity index (χ0) is 10.8. The second-order valence-electron chi connectivity index (χ2n) is 3.02. The van der Waals surface area contributed by atoms with Crippen LogP contribution in [-0.2, 0) is 6.54 Å². The second-order valence-corrected chi connectivity index (χ2v) is 3.83. The first-order chi connectivity index (χ1) is 7.20. The van der Waals surface area contributed by atoms with Gasteiger partial charge in [0.25, 0.3) is 0 Å². The lowest BCUT2D eigenvalue weighted by Gasteiger charge is -1.97. The van der Waals surface area contributed by atoms with Crippen molar-refractivity contribution in [2.24, 2.45) is 5.73 Å². The zero-order valence-electron chi connectivity index (χ0n) is 7.71. The molecule has 0 aliphatic carbocycles. The van der Waals surface area contributed by atoms with E-state index in [0.717, 1.165) is 5.56 Å². The summed E-state index contributed by atoms with van der Waals surface area (Å²) in [7, 11) is 0. The van der Waals surface area contributed by atoms with Crippen LogP contribution in [0.1, 0.15) is 5.69 Å². The van der Waals surface area contributed by atoms with Gasteiger partial charge in [-0.2, -0.15) is 0 Å². The minimum absolute atomic E-state index is 0.352. The highest BCUT2D eigenvalue weighted by Crippen LogP contribution is 2.28. The Morgan fingerprint density at radius 2 is 2.00 bits per heavy atom. The van der Waals surface area contributed by atoms with Crippen LogP contribution in [0.15, 0.2) is 28.8 Å². The van der Waals surface area contributed by atoms with E-state index in [1.54, 1.807) is 18.2 Å². The maximum absolute atomic E-state index is 5.89. The molecule has 1 aromatic carbocycles. The number of hydrogen-bond acceptors (Lipinski definition) is 3. The Morgan fingerprint density at radius 1 is 1.20 bits per heavy atom. The zero-order valence-corrected chi connectivity index (χ0v) is 9.22. The van der Waals surface area contributed by atoms with Crippen LogP contribution in [-0.4, -0.2) is 5.16 Å². The number of benzene rings is 1. The minimum Gasteiger partial charge on any atom is -0.356 e. The van der Waals surface area contributed by atoms with E-state index in [1.807, 2.05) is 6.07 Å². The third kappa shape index (κ3) is 2.15. The van der Waals surface area contributed by atoms with Gasteiger partial charge in [0.05, 0.1) is 15.7 Å². The van der Waals surface area contributed by atoms with Crippen LogP contribution in [0.25, 0.3) is 11.3 Å². The molecule has 2 rings (SSSR count). The van der Waals surface area contributed by atoms with E-state index < -0.39 is 0 Å². The summed E-state index contributed by atoms with van der Waals surface area (Å²) >= 11 is 11.7. The largest absolute Gasteiger partial charge is 0.356 e. The smallest absolute Gasteiger partial charge is 0.167 e. The highest BCUT2D eigenvalue weighted by atomic mass is 35.5. The van der Waals surface area contributed by atoms with Crippen LogP contribution in [0.3, 0.4) is 0 Å². The summed E-state index contributed by atoms with van der Waals surface area (Å²) in [5.74, 6) is 0.633. The highest BCUT2D eigenvalue weighted by Gasteiger charge is 2.07. The Labute approximate surface area is 96.8 Å². The third-order valence-corrected chi connectivity index (χ3v) is 2.71. The number of nitrogens with two attached hydrogens (primary N) is 1. The molecular weight excluding hydrogens is 235 g/mol. The molecule has 0 saturated carbocycles. The van der Waals surface area contributed by atoms with E-state index in [-0.39, 0.29) is 0 Å². The van der Waals surface area contributed by atoms with Crippen LogP contribution < -0.4 is 5.73 Å². The van der Waals surface area contributed by atoms with Gasteiger partial charge in [-0.3, -0.25) is 0 Å². The predicted molar refractivity (Wildman–Crippen MR) is 59.9 cm³/mol. The highest BCUT2D eigenvalue weighted by molar-refractivity contribution is 6.42. The lowest BCUT2D eigenvalue weighted by molar-refractivity contribution is 0.424. The Balaban J connectivity index is 2.40. The normalized spacial score (nSPS) is 10.6. The van der Waals surface area contributed by atoms with E-state index in [1.165, 1.54) is 0 Å². The van der Waals surface area contributed by atoms with E-state index >= 15 is 0 Å². The summed E-state index contributed by atoms with van der Waals surface area (Å²) in [5.41, 5.74) is 6.96. The molecule has 1 aromatic heterocycles. The molecule has 0 saturated heterocycles. The van der Waals surface area contributed by atoms with Crippen molar-refractivity contribution in [2.75, 3.05) is 0 Å². The molecule has 0 fully saturated rings. The van der Waals surface area contributed by atoms with Crippen molar-refractivity contribution in [2.45, 2.75) is 6.54 Å². The van der Waals surface area contributed by atoms with Crippen molar-refractivity contribution in [3.8, 4) is 11.3 Å². The van der Waals surface area contributed by atoms with Crippen LogP contribution in [0.2, 0.25) is 10.0 Å². The fourth-order valence-corrected chi connectivity index (χ4v) is 1.49.